The fourth-order valence-electron chi connectivity index (χ4n) is 2.14. The van der Waals surface area contributed by atoms with Crippen LogP contribution in [0.25, 0.3) is 0 Å². The summed E-state index contributed by atoms with van der Waals surface area (Å²) >= 11 is 5.62. The highest BCUT2D eigenvalue weighted by Gasteiger charge is 2.14. The lowest BCUT2D eigenvalue weighted by Gasteiger charge is -2.10. The molecule has 0 spiro atoms. The largest absolute Gasteiger partial charge is 0.484 e. The topological polar surface area (TPSA) is 50.4 Å². The minimum absolute atomic E-state index is 0. The average molecular weight is 337 g/mol. The molecular formula is C14H19Cl2FN2O2. The van der Waals surface area contributed by atoms with Crippen LogP contribution >= 0.6 is 24.0 Å². The van der Waals surface area contributed by atoms with Crippen LogP contribution in [0, 0.1) is 11.7 Å². The minimum Gasteiger partial charge on any atom is -0.484 e. The molecule has 0 radical (unpaired) electrons. The van der Waals surface area contributed by atoms with E-state index >= 15 is 0 Å². The van der Waals surface area contributed by atoms with Gasteiger partial charge in [-0.25, -0.2) is 4.39 Å². The quantitative estimate of drug-likeness (QED) is 0.838. The number of hydrogen-bond donors (Lipinski definition) is 2. The molecule has 1 fully saturated rings. The second-order valence-electron chi connectivity index (χ2n) is 4.86. The van der Waals surface area contributed by atoms with Crippen molar-refractivity contribution in [3.05, 3.63) is 29.0 Å². The minimum atomic E-state index is -0.506. The first-order valence-electron chi connectivity index (χ1n) is 6.70. The number of nitrogens with one attached hydrogen (secondary N) is 2. The van der Waals surface area contributed by atoms with Gasteiger partial charge in [0.2, 0.25) is 0 Å². The number of halogens is 3. The smallest absolute Gasteiger partial charge is 0.257 e. The lowest BCUT2D eigenvalue weighted by molar-refractivity contribution is -0.123. The highest BCUT2D eigenvalue weighted by atomic mass is 35.5. The summed E-state index contributed by atoms with van der Waals surface area (Å²) in [7, 11) is 0. The molecule has 0 saturated carbocycles. The standard InChI is InChI=1S/C14H18ClFN2O2.ClH/c15-12-7-11(1-2-13(12)16)20-9-14(19)18-6-4-10-3-5-17-8-10;/h1-2,7,10,17H,3-6,8-9H2,(H,18,19);1H. The van der Waals surface area contributed by atoms with Gasteiger partial charge in [0.25, 0.3) is 5.91 Å². The van der Waals surface area contributed by atoms with Crippen molar-refractivity contribution in [1.29, 1.82) is 0 Å². The second kappa shape index (κ2) is 9.07. The van der Waals surface area contributed by atoms with Crippen LogP contribution in [0.15, 0.2) is 18.2 Å². The maximum Gasteiger partial charge on any atom is 0.257 e. The Balaban J connectivity index is 0.00000220. The Morgan fingerprint density at radius 1 is 1.52 bits per heavy atom. The molecule has 1 aromatic carbocycles. The first-order valence-corrected chi connectivity index (χ1v) is 7.08. The Morgan fingerprint density at radius 2 is 2.33 bits per heavy atom. The van der Waals surface area contributed by atoms with Gasteiger partial charge in [0.15, 0.2) is 6.61 Å². The van der Waals surface area contributed by atoms with Gasteiger partial charge in [-0.3, -0.25) is 4.79 Å². The summed E-state index contributed by atoms with van der Waals surface area (Å²) in [6.45, 7) is 2.65. The van der Waals surface area contributed by atoms with Crippen molar-refractivity contribution in [3.8, 4) is 5.75 Å². The molecule has 2 N–H and O–H groups in total. The summed E-state index contributed by atoms with van der Waals surface area (Å²) in [6, 6.07) is 4.01. The molecular weight excluding hydrogens is 318 g/mol. The van der Waals surface area contributed by atoms with Gasteiger partial charge in [-0.1, -0.05) is 11.6 Å². The van der Waals surface area contributed by atoms with Gasteiger partial charge in [-0.15, -0.1) is 12.4 Å². The molecule has 0 bridgehead atoms. The number of benzene rings is 1. The molecule has 1 aliphatic heterocycles. The van der Waals surface area contributed by atoms with Crippen LogP contribution in [0.3, 0.4) is 0 Å². The maximum absolute atomic E-state index is 12.9. The van der Waals surface area contributed by atoms with Gasteiger partial charge >= 0.3 is 0 Å². The van der Waals surface area contributed by atoms with Crippen LogP contribution in [0.1, 0.15) is 12.8 Å². The third-order valence-electron chi connectivity index (χ3n) is 3.30. The fraction of sp³-hybridized carbons (Fsp3) is 0.500. The average Bonchev–Trinajstić information content (AvgIpc) is 2.93. The number of rotatable bonds is 6. The first-order chi connectivity index (χ1) is 9.65. The number of amides is 1. The third-order valence-corrected chi connectivity index (χ3v) is 3.59. The molecule has 1 atom stereocenters. The summed E-state index contributed by atoms with van der Waals surface area (Å²) in [5.74, 6) is 0.337. The van der Waals surface area contributed by atoms with Crippen molar-refractivity contribution in [2.24, 2.45) is 5.92 Å². The maximum atomic E-state index is 12.9. The normalized spacial score (nSPS) is 17.1. The zero-order valence-corrected chi connectivity index (χ0v) is 13.1. The van der Waals surface area contributed by atoms with E-state index in [0.717, 1.165) is 19.5 Å². The van der Waals surface area contributed by atoms with Gasteiger partial charge < -0.3 is 15.4 Å². The highest BCUT2D eigenvalue weighted by Crippen LogP contribution is 2.20. The van der Waals surface area contributed by atoms with Crippen molar-refractivity contribution in [3.63, 3.8) is 0 Å². The van der Waals surface area contributed by atoms with Crippen molar-refractivity contribution >= 4 is 29.9 Å². The van der Waals surface area contributed by atoms with E-state index in [-0.39, 0.29) is 29.9 Å². The predicted molar refractivity (Wildman–Crippen MR) is 82.8 cm³/mol. The van der Waals surface area contributed by atoms with E-state index < -0.39 is 5.82 Å². The first kappa shape index (κ1) is 18.0. The zero-order chi connectivity index (χ0) is 14.4. The summed E-state index contributed by atoms with van der Waals surface area (Å²) in [5.41, 5.74) is 0. The van der Waals surface area contributed by atoms with E-state index in [2.05, 4.69) is 10.6 Å². The van der Waals surface area contributed by atoms with E-state index in [1.807, 2.05) is 0 Å². The molecule has 1 unspecified atom stereocenters. The van der Waals surface area contributed by atoms with Crippen LogP contribution < -0.4 is 15.4 Å². The Kier molecular flexibility index (Phi) is 7.78. The van der Waals surface area contributed by atoms with Crippen LogP contribution in [-0.2, 0) is 4.79 Å². The Bertz CT molecular complexity index is 468. The zero-order valence-electron chi connectivity index (χ0n) is 11.5. The summed E-state index contributed by atoms with van der Waals surface area (Å²) in [4.78, 5) is 11.6. The Morgan fingerprint density at radius 3 is 3.00 bits per heavy atom. The summed E-state index contributed by atoms with van der Waals surface area (Å²) < 4.78 is 18.2. The number of carbonyl (C=O) groups is 1. The number of hydrogen-bond acceptors (Lipinski definition) is 3. The van der Waals surface area contributed by atoms with Crippen molar-refractivity contribution in [2.75, 3.05) is 26.2 Å². The number of ether oxygens (including phenoxy) is 1. The molecule has 1 heterocycles. The summed E-state index contributed by atoms with van der Waals surface area (Å²) in [5, 5.41) is 6.08. The van der Waals surface area contributed by atoms with E-state index in [0.29, 0.717) is 18.2 Å². The molecule has 1 aromatic rings. The Labute approximate surface area is 134 Å². The number of carbonyl (C=O) groups excluding carboxylic acids is 1. The molecule has 2 rings (SSSR count). The molecule has 0 aliphatic carbocycles. The van der Waals surface area contributed by atoms with Gasteiger partial charge in [0.05, 0.1) is 5.02 Å². The molecule has 21 heavy (non-hydrogen) atoms. The van der Waals surface area contributed by atoms with Gasteiger partial charge in [0.1, 0.15) is 11.6 Å². The molecule has 4 nitrogen and oxygen atoms in total. The Hall–Kier alpha value is -1.04. The van der Waals surface area contributed by atoms with Gasteiger partial charge in [-0.05, 0) is 44.0 Å². The second-order valence-corrected chi connectivity index (χ2v) is 5.27. The van der Waals surface area contributed by atoms with Crippen LogP contribution in [0.4, 0.5) is 4.39 Å². The monoisotopic (exact) mass is 336 g/mol. The molecule has 1 amide bonds. The molecule has 1 aliphatic rings. The van der Waals surface area contributed by atoms with Gasteiger partial charge in [0, 0.05) is 12.6 Å². The van der Waals surface area contributed by atoms with Crippen LogP contribution in [0.5, 0.6) is 5.75 Å². The SMILES string of the molecule is Cl.O=C(COc1ccc(F)c(Cl)c1)NCCC1CCNC1. The molecule has 7 heteroatoms. The van der Waals surface area contributed by atoms with Crippen LogP contribution in [0.2, 0.25) is 5.02 Å². The van der Waals surface area contributed by atoms with E-state index in [1.165, 1.54) is 24.6 Å². The highest BCUT2D eigenvalue weighted by molar-refractivity contribution is 6.30. The molecule has 118 valence electrons. The van der Waals surface area contributed by atoms with E-state index in [4.69, 9.17) is 16.3 Å². The molecule has 0 aromatic heterocycles. The predicted octanol–water partition coefficient (Wildman–Crippen LogP) is 2.40. The summed E-state index contributed by atoms with van der Waals surface area (Å²) in [6.07, 6.45) is 2.14. The molecule has 1 saturated heterocycles. The van der Waals surface area contributed by atoms with E-state index in [9.17, 15) is 9.18 Å². The van der Waals surface area contributed by atoms with E-state index in [1.54, 1.807) is 0 Å². The third kappa shape index (κ3) is 6.08. The van der Waals surface area contributed by atoms with Crippen molar-refractivity contribution < 1.29 is 13.9 Å². The van der Waals surface area contributed by atoms with Crippen molar-refractivity contribution in [2.45, 2.75) is 12.8 Å². The van der Waals surface area contributed by atoms with Gasteiger partial charge in [-0.2, -0.15) is 0 Å². The van der Waals surface area contributed by atoms with Crippen molar-refractivity contribution in [1.82, 2.24) is 10.6 Å². The fourth-order valence-corrected chi connectivity index (χ4v) is 2.31. The lowest BCUT2D eigenvalue weighted by atomic mass is 10.1. The van der Waals surface area contributed by atoms with Crippen LogP contribution in [-0.4, -0.2) is 32.1 Å². The lowest BCUT2D eigenvalue weighted by Crippen LogP contribution is -2.30.